The average molecular weight is 330 g/mol. The Balaban J connectivity index is 3.37. The van der Waals surface area contributed by atoms with Gasteiger partial charge in [0.05, 0.1) is 0 Å². The molecule has 2 N–H and O–H groups in total. The van der Waals surface area contributed by atoms with Gasteiger partial charge in [-0.1, -0.05) is 84.0 Å². The number of hydrogen-bond donors (Lipinski definition) is 2. The highest BCUT2D eigenvalue weighted by atomic mass is 16.7. The van der Waals surface area contributed by atoms with E-state index in [9.17, 15) is 15.0 Å². The van der Waals surface area contributed by atoms with Gasteiger partial charge in [0.25, 0.3) is 0 Å². The fourth-order valence-corrected chi connectivity index (χ4v) is 2.81. The van der Waals surface area contributed by atoms with Crippen LogP contribution in [0.4, 0.5) is 0 Å². The van der Waals surface area contributed by atoms with Crippen molar-refractivity contribution in [2.75, 3.05) is 0 Å². The van der Waals surface area contributed by atoms with E-state index >= 15 is 0 Å². The molecular weight excluding hydrogens is 292 g/mol. The molecule has 0 aromatic heterocycles. The molecule has 137 valence electrons. The second-order valence-electron chi connectivity index (χ2n) is 6.70. The first kappa shape index (κ1) is 22.4. The topological polar surface area (TPSA) is 66.8 Å². The Morgan fingerprint density at radius 1 is 0.870 bits per heavy atom. The van der Waals surface area contributed by atoms with E-state index in [0.717, 1.165) is 19.3 Å². The molecule has 0 saturated carbocycles. The Bertz CT molecular complexity index is 268. The number of aliphatic hydroxyl groups excluding tert-OH is 1. The minimum atomic E-state index is -1.78. The van der Waals surface area contributed by atoms with Crippen LogP contribution in [0.15, 0.2) is 0 Å². The predicted octanol–water partition coefficient (Wildman–Crippen LogP) is 4.62. The molecule has 0 fully saturated rings. The van der Waals surface area contributed by atoms with Crippen molar-refractivity contribution in [3.63, 3.8) is 0 Å². The third-order valence-corrected chi connectivity index (χ3v) is 4.51. The summed E-state index contributed by atoms with van der Waals surface area (Å²) in [5, 5.41) is 19.4. The van der Waals surface area contributed by atoms with Crippen LogP contribution in [0.25, 0.3) is 0 Å². The van der Waals surface area contributed by atoms with E-state index < -0.39 is 11.9 Å². The summed E-state index contributed by atoms with van der Waals surface area (Å²) in [5.74, 6) is -1.78. The number of ether oxygens (including phenoxy) is 1. The van der Waals surface area contributed by atoms with Gasteiger partial charge in [-0.3, -0.25) is 0 Å². The minimum absolute atomic E-state index is 0.262. The number of aliphatic hydroxyl groups is 2. The molecule has 4 heteroatoms. The summed E-state index contributed by atoms with van der Waals surface area (Å²) in [6.07, 6.45) is 15.4. The van der Waals surface area contributed by atoms with Crippen molar-refractivity contribution >= 4 is 6.47 Å². The third kappa shape index (κ3) is 12.5. The molecule has 0 saturated heterocycles. The van der Waals surface area contributed by atoms with Crippen molar-refractivity contribution in [3.8, 4) is 0 Å². The molecule has 0 aliphatic rings. The number of rotatable bonds is 17. The van der Waals surface area contributed by atoms with Gasteiger partial charge in [0.15, 0.2) is 0 Å². The number of unbranched alkanes of at least 4 members (excludes halogenated alkanes) is 12. The predicted molar refractivity (Wildman–Crippen MR) is 93.7 cm³/mol. The van der Waals surface area contributed by atoms with Crippen molar-refractivity contribution in [2.24, 2.45) is 0 Å². The van der Waals surface area contributed by atoms with Crippen molar-refractivity contribution in [1.82, 2.24) is 0 Å². The molecule has 0 rings (SSSR count). The van der Waals surface area contributed by atoms with Gasteiger partial charge in [0.1, 0.15) is 6.10 Å². The molecule has 0 bridgehead atoms. The first-order chi connectivity index (χ1) is 11.1. The molecule has 0 amide bonds. The fraction of sp³-hybridized carbons (Fsp3) is 0.947. The van der Waals surface area contributed by atoms with Gasteiger partial charge in [-0.2, -0.15) is 0 Å². The molecule has 2 atom stereocenters. The van der Waals surface area contributed by atoms with Crippen molar-refractivity contribution < 1.29 is 19.7 Å². The minimum Gasteiger partial charge on any atom is -0.422 e. The normalized spacial score (nSPS) is 15.1. The molecule has 23 heavy (non-hydrogen) atoms. The van der Waals surface area contributed by atoms with Crippen LogP contribution >= 0.6 is 0 Å². The zero-order chi connectivity index (χ0) is 17.4. The Morgan fingerprint density at radius 3 is 1.61 bits per heavy atom. The first-order valence-corrected chi connectivity index (χ1v) is 9.52. The highest BCUT2D eigenvalue weighted by Crippen LogP contribution is 2.21. The second-order valence-corrected chi connectivity index (χ2v) is 6.70. The molecule has 0 aromatic carbocycles. The van der Waals surface area contributed by atoms with Crippen LogP contribution in [0.2, 0.25) is 0 Å². The Labute approximate surface area is 142 Å². The summed E-state index contributed by atoms with van der Waals surface area (Å²) < 4.78 is 4.50. The zero-order valence-corrected chi connectivity index (χ0v) is 15.2. The summed E-state index contributed by atoms with van der Waals surface area (Å²) in [4.78, 5) is 10.2. The highest BCUT2D eigenvalue weighted by Gasteiger charge is 2.34. The molecule has 0 heterocycles. The van der Waals surface area contributed by atoms with Crippen molar-refractivity contribution in [1.29, 1.82) is 0 Å². The van der Waals surface area contributed by atoms with E-state index in [4.69, 9.17) is 0 Å². The van der Waals surface area contributed by atoms with Gasteiger partial charge in [0.2, 0.25) is 5.79 Å². The van der Waals surface area contributed by atoms with E-state index in [1.54, 1.807) is 0 Å². The third-order valence-electron chi connectivity index (χ3n) is 4.51. The van der Waals surface area contributed by atoms with Gasteiger partial charge in [-0.15, -0.1) is 0 Å². The monoisotopic (exact) mass is 329 g/mol. The molecule has 2 unspecified atom stereocenters. The van der Waals surface area contributed by atoms with Gasteiger partial charge >= 0.3 is 6.47 Å². The maximum absolute atomic E-state index is 10.2. The Morgan fingerprint density at radius 2 is 1.26 bits per heavy atom. The van der Waals surface area contributed by atoms with Crippen LogP contribution in [0, 0.1) is 0 Å². The van der Waals surface area contributed by atoms with Crippen molar-refractivity contribution in [2.45, 2.75) is 116 Å². The maximum Gasteiger partial charge on any atom is 0.420 e. The second kappa shape index (κ2) is 14.9. The van der Waals surface area contributed by atoms with Crippen LogP contribution in [0.5, 0.6) is 0 Å². The highest BCUT2D eigenvalue weighted by molar-refractivity contribution is 5.39. The summed E-state index contributed by atoms with van der Waals surface area (Å²) in [6, 6.07) is 0. The molecule has 1 radical (unpaired) electrons. The van der Waals surface area contributed by atoms with Gasteiger partial charge < -0.3 is 14.9 Å². The maximum atomic E-state index is 10.2. The SMILES string of the molecule is CCCCCCCCCCCCCCCC(O)(O[C]=O)C(C)O. The van der Waals surface area contributed by atoms with Crippen LogP contribution in [0.1, 0.15) is 104 Å². The van der Waals surface area contributed by atoms with Gasteiger partial charge in [-0.25, -0.2) is 4.79 Å². The lowest BCUT2D eigenvalue weighted by atomic mass is 10.0. The Kier molecular flexibility index (Phi) is 14.6. The van der Waals surface area contributed by atoms with E-state index in [-0.39, 0.29) is 6.42 Å². The van der Waals surface area contributed by atoms with Gasteiger partial charge in [-0.05, 0) is 13.3 Å². The molecule has 0 aliphatic heterocycles. The quantitative estimate of drug-likeness (QED) is 0.302. The standard InChI is InChI=1S/C19H37O4/c1-3-4-5-6-7-8-9-10-11-12-13-14-15-16-19(22,18(2)21)23-17-20/h18,21-22H,3-16H2,1-2H3. The van der Waals surface area contributed by atoms with Crippen LogP contribution in [0.3, 0.4) is 0 Å². The lowest BCUT2D eigenvalue weighted by Crippen LogP contribution is -2.43. The zero-order valence-electron chi connectivity index (χ0n) is 15.2. The molecule has 0 aliphatic carbocycles. The fourth-order valence-electron chi connectivity index (χ4n) is 2.81. The smallest absolute Gasteiger partial charge is 0.420 e. The van der Waals surface area contributed by atoms with E-state index in [1.165, 1.54) is 77.6 Å². The Hall–Kier alpha value is -0.610. The van der Waals surface area contributed by atoms with Crippen LogP contribution < -0.4 is 0 Å². The van der Waals surface area contributed by atoms with Crippen molar-refractivity contribution in [3.05, 3.63) is 0 Å². The van der Waals surface area contributed by atoms with Crippen LogP contribution in [-0.4, -0.2) is 28.6 Å². The van der Waals surface area contributed by atoms with E-state index in [2.05, 4.69) is 11.7 Å². The largest absolute Gasteiger partial charge is 0.422 e. The summed E-state index contributed by atoms with van der Waals surface area (Å²) in [6.45, 7) is 4.89. The summed E-state index contributed by atoms with van der Waals surface area (Å²) in [5.41, 5.74) is 0. The van der Waals surface area contributed by atoms with Crippen LogP contribution in [-0.2, 0) is 9.53 Å². The lowest BCUT2D eigenvalue weighted by Gasteiger charge is -2.28. The molecule has 4 nitrogen and oxygen atoms in total. The van der Waals surface area contributed by atoms with E-state index in [0.29, 0.717) is 0 Å². The summed E-state index contributed by atoms with van der Waals surface area (Å²) >= 11 is 0. The summed E-state index contributed by atoms with van der Waals surface area (Å²) in [7, 11) is 0. The molecule has 0 aromatic rings. The lowest BCUT2D eigenvalue weighted by molar-refractivity contribution is -0.213. The first-order valence-electron chi connectivity index (χ1n) is 9.52. The van der Waals surface area contributed by atoms with E-state index in [1.807, 2.05) is 0 Å². The number of carbonyl (C=O) groups excluding carboxylic acids is 1. The average Bonchev–Trinajstić information content (AvgIpc) is 2.52. The molecule has 0 spiro atoms. The molecular formula is C19H37O4. The van der Waals surface area contributed by atoms with Gasteiger partial charge in [0, 0.05) is 6.42 Å². The number of hydrogen-bond acceptors (Lipinski definition) is 4.